The van der Waals surface area contributed by atoms with Gasteiger partial charge in [-0.1, -0.05) is 66.2 Å². The third-order valence-corrected chi connectivity index (χ3v) is 8.05. The van der Waals surface area contributed by atoms with E-state index in [0.29, 0.717) is 16.1 Å². The summed E-state index contributed by atoms with van der Waals surface area (Å²) >= 11 is 6.03. The van der Waals surface area contributed by atoms with Gasteiger partial charge in [0.2, 0.25) is 10.0 Å². The predicted molar refractivity (Wildman–Crippen MR) is 124 cm³/mol. The summed E-state index contributed by atoms with van der Waals surface area (Å²) in [5.74, 6) is -1.99. The Bertz CT molecular complexity index is 1340. The van der Waals surface area contributed by atoms with Crippen LogP contribution in [0.2, 0.25) is 5.02 Å². The zero-order valence-corrected chi connectivity index (χ0v) is 19.2. The van der Waals surface area contributed by atoms with Crippen molar-refractivity contribution in [3.05, 3.63) is 112 Å². The minimum Gasteiger partial charge on any atom is -0.478 e. The van der Waals surface area contributed by atoms with Gasteiger partial charge in [0.15, 0.2) is 0 Å². The maximum atomic E-state index is 15.0. The smallest absolute Gasteiger partial charge is 0.333 e. The van der Waals surface area contributed by atoms with Gasteiger partial charge in [-0.3, -0.25) is 0 Å². The van der Waals surface area contributed by atoms with Crippen LogP contribution < -0.4 is 0 Å². The molecule has 0 aromatic heterocycles. The molecule has 0 saturated heterocycles. The first-order chi connectivity index (χ1) is 15.7. The average Bonchev–Trinajstić information content (AvgIpc) is 2.79. The largest absolute Gasteiger partial charge is 0.478 e. The minimum atomic E-state index is -4.25. The molecule has 2 atom stereocenters. The standard InChI is InChI=1S/C25H21ClFNO4S/c1-16-6-2-5-9-23(16)33(31,32)28-22(17-10-12-18(26)13-11-17)15-14-20(25(29)30)24(28)19-7-3-4-8-21(19)27/h2-14,22,24H,15H2,1H3,(H,29,30)/t22-,24-/m0/s1. The number of halogens is 2. The van der Waals surface area contributed by atoms with Gasteiger partial charge in [-0.05, 0) is 48.7 Å². The fraction of sp³-hybridized carbons (Fsp3) is 0.160. The molecule has 0 bridgehead atoms. The van der Waals surface area contributed by atoms with Crippen molar-refractivity contribution in [2.75, 3.05) is 0 Å². The fourth-order valence-electron chi connectivity index (χ4n) is 4.21. The molecular formula is C25H21ClFNO4S. The van der Waals surface area contributed by atoms with Crippen LogP contribution in [0.5, 0.6) is 0 Å². The molecule has 0 fully saturated rings. The van der Waals surface area contributed by atoms with Crippen LogP contribution in [-0.2, 0) is 14.8 Å². The lowest BCUT2D eigenvalue weighted by Gasteiger charge is -2.41. The fourth-order valence-corrected chi connectivity index (χ4v) is 6.34. The normalized spacial score (nSPS) is 19.2. The monoisotopic (exact) mass is 485 g/mol. The van der Waals surface area contributed by atoms with E-state index in [1.807, 2.05) is 0 Å². The van der Waals surface area contributed by atoms with Gasteiger partial charge in [-0.2, -0.15) is 4.31 Å². The lowest BCUT2D eigenvalue weighted by molar-refractivity contribution is -0.133. The molecule has 3 aromatic rings. The van der Waals surface area contributed by atoms with Gasteiger partial charge in [0, 0.05) is 10.6 Å². The van der Waals surface area contributed by atoms with E-state index in [-0.39, 0.29) is 22.5 Å². The summed E-state index contributed by atoms with van der Waals surface area (Å²) in [7, 11) is -4.25. The van der Waals surface area contributed by atoms with Gasteiger partial charge in [0.1, 0.15) is 5.82 Å². The second-order valence-corrected chi connectivity index (χ2v) is 10.0. The van der Waals surface area contributed by atoms with E-state index in [1.165, 1.54) is 30.3 Å². The molecule has 5 nitrogen and oxygen atoms in total. The van der Waals surface area contributed by atoms with Crippen molar-refractivity contribution in [1.29, 1.82) is 0 Å². The van der Waals surface area contributed by atoms with Crippen molar-refractivity contribution in [2.45, 2.75) is 30.3 Å². The molecule has 0 radical (unpaired) electrons. The van der Waals surface area contributed by atoms with Crippen molar-refractivity contribution in [3.8, 4) is 0 Å². The molecular weight excluding hydrogens is 465 g/mol. The minimum absolute atomic E-state index is 0.0260. The summed E-state index contributed by atoms with van der Waals surface area (Å²) in [6, 6.07) is 16.7. The molecule has 1 N–H and O–H groups in total. The van der Waals surface area contributed by atoms with Crippen molar-refractivity contribution in [1.82, 2.24) is 4.31 Å². The number of aliphatic carboxylic acids is 1. The quantitative estimate of drug-likeness (QED) is 0.505. The molecule has 1 aliphatic rings. The number of aryl methyl sites for hydroxylation is 1. The first kappa shape index (κ1) is 23.2. The summed E-state index contributed by atoms with van der Waals surface area (Å²) in [5, 5.41) is 10.4. The van der Waals surface area contributed by atoms with E-state index >= 15 is 0 Å². The highest BCUT2D eigenvalue weighted by atomic mass is 35.5. The Hall–Kier alpha value is -3.00. The topological polar surface area (TPSA) is 74.7 Å². The van der Waals surface area contributed by atoms with Crippen molar-refractivity contribution in [3.63, 3.8) is 0 Å². The second kappa shape index (κ2) is 9.09. The van der Waals surface area contributed by atoms with E-state index in [4.69, 9.17) is 11.6 Å². The molecule has 8 heteroatoms. The first-order valence-corrected chi connectivity index (χ1v) is 12.1. The molecule has 0 spiro atoms. The van der Waals surface area contributed by atoms with Crippen LogP contribution in [0, 0.1) is 12.7 Å². The number of carboxylic acid groups (broad SMARTS) is 1. The highest BCUT2D eigenvalue weighted by Gasteiger charge is 2.45. The highest BCUT2D eigenvalue weighted by Crippen LogP contribution is 2.46. The molecule has 0 aliphatic carbocycles. The van der Waals surface area contributed by atoms with Gasteiger partial charge in [-0.15, -0.1) is 0 Å². The number of carboxylic acids is 1. The number of sulfonamides is 1. The van der Waals surface area contributed by atoms with Crippen LogP contribution in [0.25, 0.3) is 0 Å². The lowest BCUT2D eigenvalue weighted by Crippen LogP contribution is -2.43. The van der Waals surface area contributed by atoms with Gasteiger partial charge >= 0.3 is 5.97 Å². The Morgan fingerprint density at radius 2 is 1.67 bits per heavy atom. The number of nitrogens with zero attached hydrogens (tertiary/aromatic N) is 1. The van der Waals surface area contributed by atoms with Crippen molar-refractivity contribution >= 4 is 27.6 Å². The van der Waals surface area contributed by atoms with Crippen LogP contribution in [-0.4, -0.2) is 23.8 Å². The summed E-state index contributed by atoms with van der Waals surface area (Å²) in [5.41, 5.74) is 0.911. The number of benzene rings is 3. The molecule has 170 valence electrons. The van der Waals surface area contributed by atoms with E-state index in [2.05, 4.69) is 0 Å². The first-order valence-electron chi connectivity index (χ1n) is 10.2. The van der Waals surface area contributed by atoms with E-state index in [0.717, 1.165) is 4.31 Å². The van der Waals surface area contributed by atoms with Gasteiger partial charge < -0.3 is 5.11 Å². The number of carbonyl (C=O) groups is 1. The maximum absolute atomic E-state index is 15.0. The average molecular weight is 486 g/mol. The van der Waals surface area contributed by atoms with Crippen molar-refractivity contribution in [2.24, 2.45) is 0 Å². The van der Waals surface area contributed by atoms with Crippen molar-refractivity contribution < 1.29 is 22.7 Å². The predicted octanol–water partition coefficient (Wildman–Crippen LogP) is 5.68. The second-order valence-electron chi connectivity index (χ2n) is 7.79. The molecule has 0 saturated carbocycles. The zero-order valence-electron chi connectivity index (χ0n) is 17.7. The third kappa shape index (κ3) is 4.31. The number of hydrogen-bond acceptors (Lipinski definition) is 3. The lowest BCUT2D eigenvalue weighted by atomic mass is 9.89. The molecule has 0 amide bonds. The van der Waals surface area contributed by atoms with Crippen LogP contribution in [0.4, 0.5) is 4.39 Å². The maximum Gasteiger partial charge on any atom is 0.333 e. The van der Waals surface area contributed by atoms with Gasteiger partial charge in [0.05, 0.1) is 22.6 Å². The van der Waals surface area contributed by atoms with E-state index in [9.17, 15) is 22.7 Å². The highest BCUT2D eigenvalue weighted by molar-refractivity contribution is 7.89. The van der Waals surface area contributed by atoms with Crippen LogP contribution >= 0.6 is 11.6 Å². The molecule has 0 unspecified atom stereocenters. The zero-order chi connectivity index (χ0) is 23.8. The third-order valence-electron chi connectivity index (χ3n) is 5.77. The summed E-state index contributed by atoms with van der Waals surface area (Å²) in [6.45, 7) is 1.67. The Morgan fingerprint density at radius 1 is 1.03 bits per heavy atom. The van der Waals surface area contributed by atoms with Crippen LogP contribution in [0.1, 0.15) is 35.2 Å². The SMILES string of the molecule is Cc1ccccc1S(=O)(=O)N1[C@@H](c2ccccc2F)C(C(=O)O)=CC[C@H]1c1ccc(Cl)cc1. The molecule has 4 rings (SSSR count). The molecule has 1 heterocycles. The van der Waals surface area contributed by atoms with Gasteiger partial charge in [-0.25, -0.2) is 17.6 Å². The van der Waals surface area contributed by atoms with E-state index in [1.54, 1.807) is 55.5 Å². The molecule has 33 heavy (non-hydrogen) atoms. The van der Waals surface area contributed by atoms with Crippen LogP contribution in [0.15, 0.2) is 89.3 Å². The van der Waals surface area contributed by atoms with E-state index < -0.39 is 33.9 Å². The Labute approximate surface area is 196 Å². The van der Waals surface area contributed by atoms with Gasteiger partial charge in [0.25, 0.3) is 0 Å². The number of hydrogen-bond donors (Lipinski definition) is 1. The Morgan fingerprint density at radius 3 is 2.30 bits per heavy atom. The summed E-state index contributed by atoms with van der Waals surface area (Å²) in [4.78, 5) is 12.2. The number of rotatable bonds is 5. The summed E-state index contributed by atoms with van der Waals surface area (Å²) in [6.07, 6.45) is 1.59. The molecule has 1 aliphatic heterocycles. The summed E-state index contributed by atoms with van der Waals surface area (Å²) < 4.78 is 44.3. The molecule has 3 aromatic carbocycles. The Balaban J connectivity index is 2.01. The van der Waals surface area contributed by atoms with Crippen LogP contribution in [0.3, 0.4) is 0 Å². The Kier molecular flexibility index (Phi) is 6.38.